The van der Waals surface area contributed by atoms with Crippen LogP contribution in [0.1, 0.15) is 12.8 Å². The number of guanidine groups is 1. The maximum absolute atomic E-state index is 5.46. The molecule has 1 saturated heterocycles. The van der Waals surface area contributed by atoms with Gasteiger partial charge in [0.15, 0.2) is 5.96 Å². The molecule has 2 aliphatic rings. The first-order valence-electron chi connectivity index (χ1n) is 5.43. The number of rotatable bonds is 2. The van der Waals surface area contributed by atoms with Gasteiger partial charge in [-0.2, -0.15) is 0 Å². The summed E-state index contributed by atoms with van der Waals surface area (Å²) in [5.74, 6) is 1.73. The van der Waals surface area contributed by atoms with Crippen LogP contribution in [0.4, 0.5) is 0 Å². The van der Waals surface area contributed by atoms with Crippen molar-refractivity contribution in [1.82, 2.24) is 10.2 Å². The van der Waals surface area contributed by atoms with Crippen molar-refractivity contribution in [3.8, 4) is 0 Å². The summed E-state index contributed by atoms with van der Waals surface area (Å²) in [6.45, 7) is 4.82. The van der Waals surface area contributed by atoms with Crippen molar-refractivity contribution in [2.75, 3.05) is 39.9 Å². The molecule has 0 saturated carbocycles. The normalized spacial score (nSPS) is 26.9. The molecule has 4 nitrogen and oxygen atoms in total. The Morgan fingerprint density at radius 3 is 3.21 bits per heavy atom. The maximum atomic E-state index is 5.46. The zero-order chi connectivity index (χ0) is 9.80. The fraction of sp³-hybridized carbons (Fsp3) is 0.900. The van der Waals surface area contributed by atoms with E-state index in [0.29, 0.717) is 5.92 Å². The van der Waals surface area contributed by atoms with Gasteiger partial charge in [-0.1, -0.05) is 0 Å². The van der Waals surface area contributed by atoms with Crippen LogP contribution in [-0.2, 0) is 4.74 Å². The Labute approximate surface area is 85.3 Å². The quantitative estimate of drug-likeness (QED) is 0.692. The Balaban J connectivity index is 1.77. The van der Waals surface area contributed by atoms with Crippen LogP contribution >= 0.6 is 0 Å². The van der Waals surface area contributed by atoms with Gasteiger partial charge in [-0.25, -0.2) is 0 Å². The highest BCUT2D eigenvalue weighted by molar-refractivity contribution is 5.81. The summed E-state index contributed by atoms with van der Waals surface area (Å²) in [4.78, 5) is 6.61. The second-order valence-electron chi connectivity index (χ2n) is 4.10. The van der Waals surface area contributed by atoms with Gasteiger partial charge in [-0.05, 0) is 18.8 Å². The van der Waals surface area contributed by atoms with Crippen LogP contribution in [0.25, 0.3) is 0 Å². The molecule has 1 N–H and O–H groups in total. The summed E-state index contributed by atoms with van der Waals surface area (Å²) in [7, 11) is 2.10. The summed E-state index contributed by atoms with van der Waals surface area (Å²) in [6.07, 6.45) is 2.50. The highest BCUT2D eigenvalue weighted by atomic mass is 16.5. The highest BCUT2D eigenvalue weighted by Crippen LogP contribution is 2.14. The summed E-state index contributed by atoms with van der Waals surface area (Å²) in [6, 6.07) is 0. The standard InChI is InChI=1S/C10H19N3O/c1-13(10-11-4-5-12-10)7-9-3-2-6-14-8-9/h9H,2-8H2,1H3,(H,11,12). The lowest BCUT2D eigenvalue weighted by atomic mass is 10.0. The first kappa shape index (κ1) is 9.77. The predicted octanol–water partition coefficient (Wildman–Crippen LogP) is 0.304. The first-order valence-corrected chi connectivity index (χ1v) is 5.43. The summed E-state index contributed by atoms with van der Waals surface area (Å²) in [5.41, 5.74) is 0. The molecule has 2 aliphatic heterocycles. The molecule has 80 valence electrons. The molecule has 1 fully saturated rings. The number of hydrogen-bond acceptors (Lipinski definition) is 4. The lowest BCUT2D eigenvalue weighted by Crippen LogP contribution is -2.40. The van der Waals surface area contributed by atoms with E-state index in [1.54, 1.807) is 0 Å². The van der Waals surface area contributed by atoms with E-state index in [-0.39, 0.29) is 0 Å². The smallest absolute Gasteiger partial charge is 0.193 e. The minimum atomic E-state index is 0.679. The van der Waals surface area contributed by atoms with Gasteiger partial charge in [0.25, 0.3) is 0 Å². The molecule has 1 unspecified atom stereocenters. The van der Waals surface area contributed by atoms with E-state index >= 15 is 0 Å². The zero-order valence-corrected chi connectivity index (χ0v) is 8.83. The largest absolute Gasteiger partial charge is 0.381 e. The van der Waals surface area contributed by atoms with Crippen molar-refractivity contribution < 1.29 is 4.74 Å². The zero-order valence-electron chi connectivity index (χ0n) is 8.83. The SMILES string of the molecule is CN(CC1CCCOC1)C1=NCCN1. The van der Waals surface area contributed by atoms with E-state index in [9.17, 15) is 0 Å². The molecule has 2 rings (SSSR count). The third-order valence-corrected chi connectivity index (χ3v) is 2.80. The third-order valence-electron chi connectivity index (χ3n) is 2.80. The lowest BCUT2D eigenvalue weighted by molar-refractivity contribution is 0.0483. The Morgan fingerprint density at radius 1 is 1.64 bits per heavy atom. The van der Waals surface area contributed by atoms with E-state index < -0.39 is 0 Å². The van der Waals surface area contributed by atoms with Gasteiger partial charge in [0.2, 0.25) is 0 Å². The van der Waals surface area contributed by atoms with Crippen molar-refractivity contribution >= 4 is 5.96 Å². The molecule has 0 aliphatic carbocycles. The van der Waals surface area contributed by atoms with Gasteiger partial charge < -0.3 is 15.0 Å². The summed E-state index contributed by atoms with van der Waals surface area (Å²) >= 11 is 0. The van der Waals surface area contributed by atoms with Crippen molar-refractivity contribution in [3.63, 3.8) is 0 Å². The fourth-order valence-corrected chi connectivity index (χ4v) is 2.07. The molecule has 1 atom stereocenters. The van der Waals surface area contributed by atoms with E-state index in [0.717, 1.165) is 38.8 Å². The van der Waals surface area contributed by atoms with Crippen LogP contribution < -0.4 is 5.32 Å². The Morgan fingerprint density at radius 2 is 2.57 bits per heavy atom. The maximum Gasteiger partial charge on any atom is 0.193 e. The predicted molar refractivity (Wildman–Crippen MR) is 56.5 cm³/mol. The van der Waals surface area contributed by atoms with Gasteiger partial charge in [0.05, 0.1) is 13.2 Å². The first-order chi connectivity index (χ1) is 6.86. The van der Waals surface area contributed by atoms with Crippen LogP contribution in [0.3, 0.4) is 0 Å². The number of hydrogen-bond donors (Lipinski definition) is 1. The molecule has 0 bridgehead atoms. The summed E-state index contributed by atoms with van der Waals surface area (Å²) < 4.78 is 5.46. The van der Waals surface area contributed by atoms with E-state index in [1.165, 1.54) is 12.8 Å². The molecule has 0 radical (unpaired) electrons. The second kappa shape index (κ2) is 4.64. The van der Waals surface area contributed by atoms with Crippen LogP contribution in [0, 0.1) is 5.92 Å². The molecule has 4 heteroatoms. The Kier molecular flexibility index (Phi) is 3.24. The van der Waals surface area contributed by atoms with Gasteiger partial charge in [-0.15, -0.1) is 0 Å². The fourth-order valence-electron chi connectivity index (χ4n) is 2.07. The summed E-state index contributed by atoms with van der Waals surface area (Å²) in [5, 5.41) is 3.28. The monoisotopic (exact) mass is 197 g/mol. The molecule has 14 heavy (non-hydrogen) atoms. The van der Waals surface area contributed by atoms with E-state index in [2.05, 4.69) is 22.3 Å². The molecule has 0 aromatic heterocycles. The van der Waals surface area contributed by atoms with Crippen LogP contribution in [0.15, 0.2) is 4.99 Å². The molecule has 0 aromatic carbocycles. The lowest BCUT2D eigenvalue weighted by Gasteiger charge is -2.28. The number of aliphatic imine (C=N–C) groups is 1. The van der Waals surface area contributed by atoms with Crippen molar-refractivity contribution in [3.05, 3.63) is 0 Å². The van der Waals surface area contributed by atoms with E-state index in [1.807, 2.05) is 0 Å². The van der Waals surface area contributed by atoms with Gasteiger partial charge in [0, 0.05) is 26.7 Å². The Bertz CT molecular complexity index is 211. The molecular weight excluding hydrogens is 178 g/mol. The van der Waals surface area contributed by atoms with Crippen molar-refractivity contribution in [2.24, 2.45) is 10.9 Å². The second-order valence-corrected chi connectivity index (χ2v) is 4.10. The third kappa shape index (κ3) is 2.38. The minimum absolute atomic E-state index is 0.679. The number of ether oxygens (including phenoxy) is 1. The van der Waals surface area contributed by atoms with Gasteiger partial charge >= 0.3 is 0 Å². The Hall–Kier alpha value is -0.770. The number of nitrogens with one attached hydrogen (secondary N) is 1. The highest BCUT2D eigenvalue weighted by Gasteiger charge is 2.18. The van der Waals surface area contributed by atoms with E-state index in [4.69, 9.17) is 4.74 Å². The van der Waals surface area contributed by atoms with Crippen LogP contribution in [0.2, 0.25) is 0 Å². The minimum Gasteiger partial charge on any atom is -0.381 e. The molecule has 0 spiro atoms. The van der Waals surface area contributed by atoms with Crippen LogP contribution in [-0.4, -0.2) is 50.8 Å². The van der Waals surface area contributed by atoms with Crippen molar-refractivity contribution in [1.29, 1.82) is 0 Å². The average Bonchev–Trinajstić information content (AvgIpc) is 2.72. The average molecular weight is 197 g/mol. The van der Waals surface area contributed by atoms with Crippen LogP contribution in [0.5, 0.6) is 0 Å². The molecular formula is C10H19N3O. The topological polar surface area (TPSA) is 36.9 Å². The molecule has 2 heterocycles. The van der Waals surface area contributed by atoms with Gasteiger partial charge in [0.1, 0.15) is 0 Å². The molecule has 0 aromatic rings. The van der Waals surface area contributed by atoms with Crippen molar-refractivity contribution in [2.45, 2.75) is 12.8 Å². The van der Waals surface area contributed by atoms with Gasteiger partial charge in [-0.3, -0.25) is 4.99 Å². The molecule has 0 amide bonds. The number of nitrogens with zero attached hydrogens (tertiary/aromatic N) is 2.